The minimum atomic E-state index is -3.51. The van der Waals surface area contributed by atoms with Gasteiger partial charge in [0.05, 0.1) is 12.0 Å². The van der Waals surface area contributed by atoms with Gasteiger partial charge in [0.15, 0.2) is 0 Å². The van der Waals surface area contributed by atoms with Crippen LogP contribution in [0, 0.1) is 0 Å². The highest BCUT2D eigenvalue weighted by Gasteiger charge is 2.25. The molecule has 1 N–H and O–H groups in total. The molecule has 1 fully saturated rings. The first-order valence-electron chi connectivity index (χ1n) is 11.8. The van der Waals surface area contributed by atoms with Crippen molar-refractivity contribution in [2.45, 2.75) is 49.8 Å². The van der Waals surface area contributed by atoms with Crippen LogP contribution in [0.1, 0.15) is 44.4 Å². The number of anilines is 1. The van der Waals surface area contributed by atoms with E-state index in [0.717, 1.165) is 37.0 Å². The molecule has 9 nitrogen and oxygen atoms in total. The third-order valence-electron chi connectivity index (χ3n) is 5.95. The van der Waals surface area contributed by atoms with Gasteiger partial charge in [0.2, 0.25) is 27.6 Å². The van der Waals surface area contributed by atoms with Gasteiger partial charge in [0, 0.05) is 37.2 Å². The molecule has 186 valence electrons. The molecule has 2 aromatic carbocycles. The quantitative estimate of drug-likeness (QED) is 0.468. The molecule has 2 heterocycles. The molecule has 3 aromatic rings. The highest BCUT2D eigenvalue weighted by Crippen LogP contribution is 2.23. The zero-order valence-electron chi connectivity index (χ0n) is 19.8. The van der Waals surface area contributed by atoms with E-state index in [9.17, 15) is 13.2 Å². The summed E-state index contributed by atoms with van der Waals surface area (Å²) in [5.74, 6) is 1.54. The number of rotatable bonds is 9. The van der Waals surface area contributed by atoms with Gasteiger partial charge >= 0.3 is 0 Å². The van der Waals surface area contributed by atoms with E-state index in [1.54, 1.807) is 35.7 Å². The molecular weight excluding hydrogens is 468 g/mol. The van der Waals surface area contributed by atoms with E-state index in [1.165, 1.54) is 0 Å². The molecule has 10 heteroatoms. The number of nitrogens with one attached hydrogen (secondary N) is 1. The molecular formula is C25H30N4O5S. The third kappa shape index (κ3) is 6.46. The number of carbonyl (C=O) groups is 1. The monoisotopic (exact) mass is 498 g/mol. The van der Waals surface area contributed by atoms with Crippen LogP contribution in [-0.4, -0.2) is 49.0 Å². The van der Waals surface area contributed by atoms with Gasteiger partial charge < -0.3 is 14.6 Å². The van der Waals surface area contributed by atoms with Crippen molar-refractivity contribution in [1.29, 1.82) is 0 Å². The van der Waals surface area contributed by atoms with Crippen LogP contribution >= 0.6 is 0 Å². The molecule has 35 heavy (non-hydrogen) atoms. The molecule has 1 aromatic heterocycles. The highest BCUT2D eigenvalue weighted by atomic mass is 32.2. The Morgan fingerprint density at radius 3 is 2.37 bits per heavy atom. The number of ether oxygens (including phenoxy) is 1. The maximum absolute atomic E-state index is 12.9. The van der Waals surface area contributed by atoms with Gasteiger partial charge in [-0.2, -0.15) is 9.29 Å². The zero-order chi connectivity index (χ0) is 24.7. The molecule has 0 spiro atoms. The van der Waals surface area contributed by atoms with Crippen molar-refractivity contribution in [3.8, 4) is 17.1 Å². The van der Waals surface area contributed by atoms with Crippen LogP contribution < -0.4 is 10.1 Å². The van der Waals surface area contributed by atoms with Crippen molar-refractivity contribution >= 4 is 21.6 Å². The number of benzene rings is 2. The molecule has 1 aliphatic rings. The Kier molecular flexibility index (Phi) is 8.14. The number of hydrogen-bond acceptors (Lipinski definition) is 7. The summed E-state index contributed by atoms with van der Waals surface area (Å²) in [6.45, 7) is 1.12. The first kappa shape index (κ1) is 24.9. The summed E-state index contributed by atoms with van der Waals surface area (Å²) < 4.78 is 37.8. The highest BCUT2D eigenvalue weighted by molar-refractivity contribution is 7.89. The van der Waals surface area contributed by atoms with Gasteiger partial charge in [-0.1, -0.05) is 18.0 Å². The van der Waals surface area contributed by atoms with E-state index >= 15 is 0 Å². The molecule has 0 bridgehead atoms. The Morgan fingerprint density at radius 2 is 1.71 bits per heavy atom. The van der Waals surface area contributed by atoms with E-state index in [0.29, 0.717) is 43.3 Å². The lowest BCUT2D eigenvalue weighted by Crippen LogP contribution is -2.31. The Labute approximate surface area is 205 Å². The van der Waals surface area contributed by atoms with Crippen LogP contribution in [0.25, 0.3) is 11.4 Å². The number of carbonyl (C=O) groups excluding carboxylic acids is 1. The van der Waals surface area contributed by atoms with Crippen LogP contribution in [0.3, 0.4) is 0 Å². The van der Waals surface area contributed by atoms with Gasteiger partial charge in [-0.25, -0.2) is 8.42 Å². The maximum Gasteiger partial charge on any atom is 0.243 e. The van der Waals surface area contributed by atoms with Crippen LogP contribution in [0.5, 0.6) is 5.75 Å². The van der Waals surface area contributed by atoms with Crippen molar-refractivity contribution in [3.63, 3.8) is 0 Å². The van der Waals surface area contributed by atoms with Crippen LogP contribution in [-0.2, 0) is 21.2 Å². The van der Waals surface area contributed by atoms with E-state index in [-0.39, 0.29) is 17.2 Å². The first-order valence-corrected chi connectivity index (χ1v) is 13.3. The number of aryl methyl sites for hydroxylation is 1. The standard InChI is InChI=1S/C25H30N4O5S/c1-33-21-13-9-19(10-14-21)25-27-24(34-28-25)8-6-7-23(30)26-20-11-15-22(16-12-20)35(31,32)29-17-4-2-3-5-18-29/h9-16H,2-8,17-18H2,1H3,(H,26,30). The average molecular weight is 499 g/mol. The average Bonchev–Trinajstić information content (AvgIpc) is 3.16. The second-order valence-corrected chi connectivity index (χ2v) is 10.4. The second kappa shape index (κ2) is 11.5. The minimum Gasteiger partial charge on any atom is -0.497 e. The van der Waals surface area contributed by atoms with E-state index in [4.69, 9.17) is 9.26 Å². The molecule has 1 aliphatic heterocycles. The minimum absolute atomic E-state index is 0.164. The normalized spacial score (nSPS) is 14.9. The number of nitrogens with zero attached hydrogens (tertiary/aromatic N) is 3. The van der Waals surface area contributed by atoms with Gasteiger partial charge in [-0.15, -0.1) is 0 Å². The van der Waals surface area contributed by atoms with Gasteiger partial charge in [0.25, 0.3) is 0 Å². The molecule has 1 saturated heterocycles. The smallest absolute Gasteiger partial charge is 0.243 e. The number of amides is 1. The summed E-state index contributed by atoms with van der Waals surface area (Å²) in [7, 11) is -1.90. The van der Waals surface area contributed by atoms with Crippen molar-refractivity contribution in [1.82, 2.24) is 14.4 Å². The fourth-order valence-electron chi connectivity index (χ4n) is 3.98. The largest absolute Gasteiger partial charge is 0.497 e. The molecule has 0 unspecified atom stereocenters. The van der Waals surface area contributed by atoms with Crippen LogP contribution in [0.2, 0.25) is 0 Å². The maximum atomic E-state index is 12.9. The molecule has 0 saturated carbocycles. The Bertz CT molecular complexity index is 1220. The molecule has 0 aliphatic carbocycles. The number of sulfonamides is 1. The van der Waals surface area contributed by atoms with E-state index in [2.05, 4.69) is 15.5 Å². The molecule has 0 radical (unpaired) electrons. The lowest BCUT2D eigenvalue weighted by Gasteiger charge is -2.20. The Balaban J connectivity index is 1.25. The first-order chi connectivity index (χ1) is 17.0. The summed E-state index contributed by atoms with van der Waals surface area (Å²) in [5.41, 5.74) is 1.38. The second-order valence-electron chi connectivity index (χ2n) is 8.48. The van der Waals surface area contributed by atoms with E-state index < -0.39 is 10.0 Å². The Morgan fingerprint density at radius 1 is 1.03 bits per heavy atom. The number of methoxy groups -OCH3 is 1. The zero-order valence-corrected chi connectivity index (χ0v) is 20.6. The fourth-order valence-corrected chi connectivity index (χ4v) is 5.50. The topological polar surface area (TPSA) is 115 Å². The van der Waals surface area contributed by atoms with Gasteiger partial charge in [-0.3, -0.25) is 4.79 Å². The summed E-state index contributed by atoms with van der Waals surface area (Å²) in [6, 6.07) is 13.7. The van der Waals surface area contributed by atoms with Gasteiger partial charge in [0.1, 0.15) is 5.75 Å². The predicted molar refractivity (Wildman–Crippen MR) is 132 cm³/mol. The van der Waals surface area contributed by atoms with Gasteiger partial charge in [-0.05, 0) is 67.8 Å². The lowest BCUT2D eigenvalue weighted by atomic mass is 10.2. The third-order valence-corrected chi connectivity index (χ3v) is 7.86. The summed E-state index contributed by atoms with van der Waals surface area (Å²) in [4.78, 5) is 17.0. The number of hydrogen-bond donors (Lipinski definition) is 1. The lowest BCUT2D eigenvalue weighted by molar-refractivity contribution is -0.116. The van der Waals surface area contributed by atoms with Crippen LogP contribution in [0.4, 0.5) is 5.69 Å². The van der Waals surface area contributed by atoms with Crippen molar-refractivity contribution in [2.75, 3.05) is 25.5 Å². The predicted octanol–water partition coefficient (Wildman–Crippen LogP) is 4.27. The van der Waals surface area contributed by atoms with Crippen molar-refractivity contribution in [2.24, 2.45) is 0 Å². The van der Waals surface area contributed by atoms with Crippen LogP contribution in [0.15, 0.2) is 57.9 Å². The Hall–Kier alpha value is -3.24. The summed E-state index contributed by atoms with van der Waals surface area (Å²) >= 11 is 0. The molecule has 4 rings (SSSR count). The van der Waals surface area contributed by atoms with E-state index in [1.807, 2.05) is 24.3 Å². The molecule has 0 atom stereocenters. The van der Waals surface area contributed by atoms with Crippen molar-refractivity contribution < 1.29 is 22.5 Å². The van der Waals surface area contributed by atoms with Crippen molar-refractivity contribution in [3.05, 3.63) is 54.4 Å². The molecule has 1 amide bonds. The fraction of sp³-hybridized carbons (Fsp3) is 0.400. The number of aromatic nitrogens is 2. The summed E-state index contributed by atoms with van der Waals surface area (Å²) in [6.07, 6.45) is 5.19. The SMILES string of the molecule is COc1ccc(-c2noc(CCCC(=O)Nc3ccc(S(=O)(=O)N4CCCCCC4)cc3)n2)cc1. The summed E-state index contributed by atoms with van der Waals surface area (Å²) in [5, 5.41) is 6.81.